The molecule has 0 unspecified atom stereocenters. The number of allylic oxidation sites excluding steroid dienone is 2. The Bertz CT molecular complexity index is 1410. The van der Waals surface area contributed by atoms with Crippen LogP contribution < -0.4 is 10.2 Å². The zero-order valence-corrected chi connectivity index (χ0v) is 22.3. The van der Waals surface area contributed by atoms with E-state index in [2.05, 4.69) is 34.1 Å². The van der Waals surface area contributed by atoms with Crippen LogP contribution in [-0.4, -0.2) is 51.9 Å². The molecule has 4 N–H and O–H groups in total. The third-order valence-electron chi connectivity index (χ3n) is 9.06. The number of ether oxygens (including phenoxy) is 1. The van der Waals surface area contributed by atoms with Crippen molar-refractivity contribution in [2.24, 2.45) is 17.8 Å². The Labute approximate surface area is 229 Å². The molecule has 0 spiro atoms. The van der Waals surface area contributed by atoms with Crippen LogP contribution in [0.2, 0.25) is 0 Å². The molecule has 204 valence electrons. The molecule has 1 aromatic heterocycles. The standard InChI is InChI=1S/C32H37N3O4/c1-20(10-13-31(37)34-38)16-21-6-2-5-9-30(21)39-19-26-25-17-28-32-24(23-7-3-4-8-27(23)33-32)14-15-35(28)18-22(25)11-12-29(26)36/h2-10,13,16,22,25-26,28-29,33,36,38H,11-12,14-15,17-19H2,1H3,(H,34,37)/b13-10+,20-16+/t22-,25-,26+,28-,29-/m0/s1. The topological polar surface area (TPSA) is 97.8 Å². The maximum Gasteiger partial charge on any atom is 0.267 e. The smallest absolute Gasteiger partial charge is 0.267 e. The number of rotatable bonds is 6. The van der Waals surface area contributed by atoms with Crippen molar-refractivity contribution in [3.63, 3.8) is 0 Å². The molecule has 3 aliphatic rings. The summed E-state index contributed by atoms with van der Waals surface area (Å²) >= 11 is 0. The van der Waals surface area contributed by atoms with E-state index in [0.29, 0.717) is 24.5 Å². The Balaban J connectivity index is 1.21. The van der Waals surface area contributed by atoms with E-state index in [0.717, 1.165) is 55.7 Å². The summed E-state index contributed by atoms with van der Waals surface area (Å²) in [6.45, 7) is 4.55. The van der Waals surface area contributed by atoms with Crippen molar-refractivity contribution in [2.75, 3.05) is 19.7 Å². The zero-order valence-electron chi connectivity index (χ0n) is 22.3. The maximum absolute atomic E-state index is 11.3. The number of hydroxylamine groups is 1. The summed E-state index contributed by atoms with van der Waals surface area (Å²) in [5, 5.41) is 21.2. The van der Waals surface area contributed by atoms with Gasteiger partial charge >= 0.3 is 0 Å². The molecule has 39 heavy (non-hydrogen) atoms. The van der Waals surface area contributed by atoms with E-state index in [-0.39, 0.29) is 12.0 Å². The van der Waals surface area contributed by atoms with Gasteiger partial charge in [-0.3, -0.25) is 14.9 Å². The monoisotopic (exact) mass is 527 g/mol. The predicted molar refractivity (Wildman–Crippen MR) is 151 cm³/mol. The SMILES string of the molecule is CC(/C=C/C(=O)NO)=C\c1ccccc1OC[C@@H]1[C@H]2C[C@H]3c4[nH]c5ccccc5c4CCN3C[C@@H]2CC[C@@H]1O. The van der Waals surface area contributed by atoms with Crippen molar-refractivity contribution in [1.29, 1.82) is 0 Å². The summed E-state index contributed by atoms with van der Waals surface area (Å²) in [5.74, 6) is 1.24. The van der Waals surface area contributed by atoms with Gasteiger partial charge in [-0.2, -0.15) is 0 Å². The number of piperidine rings is 1. The third kappa shape index (κ3) is 5.14. The van der Waals surface area contributed by atoms with Crippen LogP contribution in [-0.2, 0) is 11.2 Å². The highest BCUT2D eigenvalue weighted by Gasteiger charge is 2.47. The van der Waals surface area contributed by atoms with Gasteiger partial charge in [-0.05, 0) is 68.2 Å². The summed E-state index contributed by atoms with van der Waals surface area (Å²) in [4.78, 5) is 17.8. The lowest BCUT2D eigenvalue weighted by molar-refractivity contribution is -0.124. The lowest BCUT2D eigenvalue weighted by atomic mass is 9.65. The Morgan fingerprint density at radius 1 is 1.15 bits per heavy atom. The second kappa shape index (κ2) is 11.0. The van der Waals surface area contributed by atoms with E-state index in [1.54, 1.807) is 11.6 Å². The van der Waals surface area contributed by atoms with Gasteiger partial charge in [-0.15, -0.1) is 0 Å². The molecule has 7 heteroatoms. The molecule has 0 radical (unpaired) electrons. The van der Waals surface area contributed by atoms with Crippen molar-refractivity contribution < 1.29 is 19.8 Å². The fourth-order valence-corrected chi connectivity index (χ4v) is 7.14. The molecule has 1 saturated carbocycles. The lowest BCUT2D eigenvalue weighted by Gasteiger charge is -2.51. The Morgan fingerprint density at radius 2 is 1.97 bits per heavy atom. The number of hydrogen-bond donors (Lipinski definition) is 4. The van der Waals surface area contributed by atoms with Crippen molar-refractivity contribution in [2.45, 2.75) is 44.8 Å². The van der Waals surface area contributed by atoms with Crippen LogP contribution in [0, 0.1) is 17.8 Å². The predicted octanol–water partition coefficient (Wildman–Crippen LogP) is 5.02. The molecular formula is C32H37N3O4. The first kappa shape index (κ1) is 25.9. The molecule has 2 fully saturated rings. The second-order valence-electron chi connectivity index (χ2n) is 11.3. The molecule has 1 aliphatic carbocycles. The number of carbonyl (C=O) groups excluding carboxylic acids is 1. The van der Waals surface area contributed by atoms with Crippen LogP contribution >= 0.6 is 0 Å². The number of aliphatic hydroxyl groups is 1. The van der Waals surface area contributed by atoms with Gasteiger partial charge in [0, 0.05) is 47.2 Å². The van der Waals surface area contributed by atoms with Crippen LogP contribution in [0.3, 0.4) is 0 Å². The van der Waals surface area contributed by atoms with E-state index in [9.17, 15) is 9.90 Å². The minimum Gasteiger partial charge on any atom is -0.493 e. The van der Waals surface area contributed by atoms with E-state index >= 15 is 0 Å². The van der Waals surface area contributed by atoms with Crippen molar-refractivity contribution in [3.8, 4) is 5.75 Å². The third-order valence-corrected chi connectivity index (χ3v) is 9.06. The molecule has 0 bridgehead atoms. The highest BCUT2D eigenvalue weighted by atomic mass is 16.5. The van der Waals surface area contributed by atoms with Gasteiger partial charge in [0.1, 0.15) is 5.75 Å². The van der Waals surface area contributed by atoms with Gasteiger partial charge < -0.3 is 14.8 Å². The van der Waals surface area contributed by atoms with Gasteiger partial charge in [0.15, 0.2) is 0 Å². The summed E-state index contributed by atoms with van der Waals surface area (Å²) in [6, 6.07) is 16.8. The molecule has 3 heterocycles. The number of fused-ring (bicyclic) bond motifs is 6. The van der Waals surface area contributed by atoms with Gasteiger partial charge in [0.25, 0.3) is 5.91 Å². The summed E-state index contributed by atoms with van der Waals surface area (Å²) in [7, 11) is 0. The van der Waals surface area contributed by atoms with Crippen LogP contribution in [0.25, 0.3) is 17.0 Å². The Hall–Kier alpha value is -3.39. The van der Waals surface area contributed by atoms with E-state index in [1.807, 2.05) is 37.3 Å². The summed E-state index contributed by atoms with van der Waals surface area (Å²) < 4.78 is 6.43. The number of aromatic nitrogens is 1. The number of carbonyl (C=O) groups is 1. The number of aromatic amines is 1. The van der Waals surface area contributed by atoms with Crippen LogP contribution in [0.5, 0.6) is 5.75 Å². The van der Waals surface area contributed by atoms with Crippen LogP contribution in [0.4, 0.5) is 0 Å². The first-order valence-corrected chi connectivity index (χ1v) is 14.1. The largest absolute Gasteiger partial charge is 0.493 e. The van der Waals surface area contributed by atoms with E-state index in [4.69, 9.17) is 9.94 Å². The van der Waals surface area contributed by atoms with Crippen molar-refractivity contribution in [3.05, 3.63) is 83.1 Å². The minimum absolute atomic E-state index is 0.0759. The molecular weight excluding hydrogens is 490 g/mol. The molecule has 1 amide bonds. The van der Waals surface area contributed by atoms with Gasteiger partial charge in [0.05, 0.1) is 18.8 Å². The quantitative estimate of drug-likeness (QED) is 0.156. The maximum atomic E-state index is 11.3. The molecule has 1 saturated heterocycles. The van der Waals surface area contributed by atoms with E-state index in [1.165, 1.54) is 28.2 Å². The number of benzene rings is 2. The number of aliphatic hydroxyl groups excluding tert-OH is 1. The zero-order chi connectivity index (χ0) is 26.9. The summed E-state index contributed by atoms with van der Waals surface area (Å²) in [5.41, 5.74) is 7.43. The minimum atomic E-state index is -0.572. The normalized spacial score (nSPS) is 27.2. The first-order valence-electron chi connectivity index (χ1n) is 14.1. The summed E-state index contributed by atoms with van der Waals surface area (Å²) in [6.07, 6.45) is 8.53. The van der Waals surface area contributed by atoms with Gasteiger partial charge in [0.2, 0.25) is 0 Å². The van der Waals surface area contributed by atoms with Gasteiger partial charge in [-0.1, -0.05) is 48.0 Å². The highest BCUT2D eigenvalue weighted by Crippen LogP contribution is 2.49. The van der Waals surface area contributed by atoms with Crippen LogP contribution in [0.15, 0.2) is 66.3 Å². The molecule has 2 aliphatic heterocycles. The van der Waals surface area contributed by atoms with Gasteiger partial charge in [-0.25, -0.2) is 5.48 Å². The van der Waals surface area contributed by atoms with Crippen molar-refractivity contribution in [1.82, 2.24) is 15.4 Å². The average Bonchev–Trinajstić information content (AvgIpc) is 3.34. The lowest BCUT2D eigenvalue weighted by Crippen LogP contribution is -2.52. The molecule has 5 atom stereocenters. The average molecular weight is 528 g/mol. The molecule has 2 aromatic carbocycles. The molecule has 6 rings (SSSR count). The Morgan fingerprint density at radius 3 is 2.85 bits per heavy atom. The number of hydrogen-bond acceptors (Lipinski definition) is 5. The molecule has 7 nitrogen and oxygen atoms in total. The van der Waals surface area contributed by atoms with Crippen LogP contribution in [0.1, 0.15) is 49.0 Å². The number of amides is 1. The number of H-pyrrole nitrogens is 1. The fourth-order valence-electron chi connectivity index (χ4n) is 7.14. The number of para-hydroxylation sites is 2. The Kier molecular flexibility index (Phi) is 7.30. The first-order chi connectivity index (χ1) is 19.0. The molecule has 3 aromatic rings. The van der Waals surface area contributed by atoms with E-state index < -0.39 is 5.91 Å². The number of nitrogens with one attached hydrogen (secondary N) is 2. The second-order valence-corrected chi connectivity index (χ2v) is 11.3. The van der Waals surface area contributed by atoms with Crippen molar-refractivity contribution >= 4 is 22.9 Å². The number of nitrogens with zero attached hydrogens (tertiary/aromatic N) is 1. The highest BCUT2D eigenvalue weighted by molar-refractivity contribution is 5.87. The fraction of sp³-hybridized carbons (Fsp3) is 0.406.